The summed E-state index contributed by atoms with van der Waals surface area (Å²) in [7, 11) is -3.52. The van der Waals surface area contributed by atoms with Gasteiger partial charge >= 0.3 is 0 Å². The van der Waals surface area contributed by atoms with Crippen molar-refractivity contribution in [1.29, 1.82) is 0 Å². The highest BCUT2D eigenvalue weighted by Crippen LogP contribution is 2.28. The first-order valence-corrected chi connectivity index (χ1v) is 14.1. The second-order valence-corrected chi connectivity index (χ2v) is 12.7. The zero-order chi connectivity index (χ0) is 21.8. The van der Waals surface area contributed by atoms with Gasteiger partial charge in [0.15, 0.2) is 0 Å². The number of sulfonamides is 1. The predicted octanol–water partition coefficient (Wildman–Crippen LogP) is 3.33. The van der Waals surface area contributed by atoms with E-state index < -0.39 is 10.0 Å². The van der Waals surface area contributed by atoms with Crippen molar-refractivity contribution in [2.75, 3.05) is 42.6 Å². The number of carbonyl (C=O) groups excluding carboxylic acids is 1. The monoisotopic (exact) mass is 479 g/mol. The molecule has 0 spiro atoms. The number of anilines is 1. The van der Waals surface area contributed by atoms with Crippen LogP contribution in [0, 0.1) is 12.8 Å². The maximum absolute atomic E-state index is 12.9. The van der Waals surface area contributed by atoms with Gasteiger partial charge in [-0.25, -0.2) is 8.42 Å². The van der Waals surface area contributed by atoms with Crippen molar-refractivity contribution in [3.8, 4) is 0 Å². The van der Waals surface area contributed by atoms with Gasteiger partial charge in [-0.2, -0.15) is 16.1 Å². The van der Waals surface area contributed by atoms with E-state index in [1.165, 1.54) is 21.3 Å². The van der Waals surface area contributed by atoms with Gasteiger partial charge in [-0.1, -0.05) is 12.1 Å². The normalized spacial score (nSPS) is 20.5. The molecule has 0 bridgehead atoms. The SMILES string of the molecule is Cc1ccc(S(=O)(=O)N2CCCC(C(=O)NCc3ccc(N4CCSCC4)cc3)C2)s1. The number of thiophene rings is 1. The third kappa shape index (κ3) is 5.45. The Morgan fingerprint density at radius 2 is 1.84 bits per heavy atom. The Kier molecular flexibility index (Phi) is 7.26. The predicted molar refractivity (Wildman–Crippen MR) is 128 cm³/mol. The molecular weight excluding hydrogens is 450 g/mol. The number of amides is 1. The van der Waals surface area contributed by atoms with Gasteiger partial charge in [0.1, 0.15) is 4.21 Å². The lowest BCUT2D eigenvalue weighted by Gasteiger charge is -2.31. The molecule has 6 nitrogen and oxygen atoms in total. The molecule has 1 N–H and O–H groups in total. The number of nitrogens with zero attached hydrogens (tertiary/aromatic N) is 2. The van der Waals surface area contributed by atoms with Crippen LogP contribution in [-0.4, -0.2) is 56.3 Å². The summed E-state index contributed by atoms with van der Waals surface area (Å²) in [5, 5.41) is 3.01. The van der Waals surface area contributed by atoms with E-state index in [0.717, 1.165) is 35.0 Å². The number of rotatable bonds is 6. The van der Waals surface area contributed by atoms with Gasteiger partial charge in [-0.05, 0) is 49.6 Å². The standard InChI is InChI=1S/C22H29N3O3S3/c1-17-4-9-21(30-17)31(27,28)25-10-2-3-19(16-25)22(26)23-15-18-5-7-20(8-6-18)24-11-13-29-14-12-24/h4-9,19H,2-3,10-16H2,1H3,(H,23,26). The second-order valence-electron chi connectivity index (χ2n) is 8.05. The molecule has 2 fully saturated rings. The molecule has 1 unspecified atom stereocenters. The Morgan fingerprint density at radius 1 is 1.10 bits per heavy atom. The molecule has 0 aliphatic carbocycles. The lowest BCUT2D eigenvalue weighted by atomic mass is 9.98. The third-order valence-corrected chi connectivity index (χ3v) is 10.1. The van der Waals surface area contributed by atoms with Crippen molar-refractivity contribution < 1.29 is 13.2 Å². The molecule has 2 aliphatic heterocycles. The molecule has 4 rings (SSSR count). The summed E-state index contributed by atoms with van der Waals surface area (Å²) >= 11 is 3.27. The van der Waals surface area contributed by atoms with E-state index in [1.54, 1.807) is 6.07 Å². The molecule has 1 aromatic heterocycles. The summed E-state index contributed by atoms with van der Waals surface area (Å²) in [5.74, 6) is 1.95. The van der Waals surface area contributed by atoms with E-state index in [1.807, 2.05) is 24.8 Å². The maximum Gasteiger partial charge on any atom is 0.252 e. The van der Waals surface area contributed by atoms with E-state index in [0.29, 0.717) is 30.1 Å². The molecule has 2 aliphatic rings. The minimum atomic E-state index is -3.52. The van der Waals surface area contributed by atoms with E-state index in [-0.39, 0.29) is 18.4 Å². The summed E-state index contributed by atoms with van der Waals surface area (Å²) in [6.45, 7) is 5.23. The Morgan fingerprint density at radius 3 is 2.52 bits per heavy atom. The number of thioether (sulfide) groups is 1. The van der Waals surface area contributed by atoms with Crippen LogP contribution < -0.4 is 10.2 Å². The molecule has 2 saturated heterocycles. The van der Waals surface area contributed by atoms with Gasteiger partial charge in [0.25, 0.3) is 10.0 Å². The Balaban J connectivity index is 1.32. The Bertz CT molecular complexity index is 999. The fraction of sp³-hybridized carbons (Fsp3) is 0.500. The summed E-state index contributed by atoms with van der Waals surface area (Å²) in [4.78, 5) is 16.1. The van der Waals surface area contributed by atoms with Gasteiger partial charge in [-0.3, -0.25) is 4.79 Å². The topological polar surface area (TPSA) is 69.7 Å². The van der Waals surface area contributed by atoms with Gasteiger partial charge in [0.05, 0.1) is 5.92 Å². The van der Waals surface area contributed by atoms with E-state index in [2.05, 4.69) is 34.5 Å². The second kappa shape index (κ2) is 9.94. The highest BCUT2D eigenvalue weighted by atomic mass is 32.2. The maximum atomic E-state index is 12.9. The first-order chi connectivity index (χ1) is 14.9. The molecule has 1 aromatic carbocycles. The van der Waals surface area contributed by atoms with Crippen LogP contribution in [0.4, 0.5) is 5.69 Å². The van der Waals surface area contributed by atoms with Gasteiger partial charge < -0.3 is 10.2 Å². The average Bonchev–Trinajstić information content (AvgIpc) is 3.26. The van der Waals surface area contributed by atoms with Gasteiger partial charge in [-0.15, -0.1) is 11.3 Å². The summed E-state index contributed by atoms with van der Waals surface area (Å²) in [5.41, 5.74) is 2.28. The fourth-order valence-electron chi connectivity index (χ4n) is 4.03. The van der Waals surface area contributed by atoms with E-state index in [9.17, 15) is 13.2 Å². The molecule has 168 valence electrons. The van der Waals surface area contributed by atoms with Crippen LogP contribution in [0.2, 0.25) is 0 Å². The van der Waals surface area contributed by atoms with Crippen molar-refractivity contribution in [2.24, 2.45) is 5.92 Å². The molecule has 31 heavy (non-hydrogen) atoms. The van der Waals surface area contributed by atoms with Crippen LogP contribution in [0.25, 0.3) is 0 Å². The summed E-state index contributed by atoms with van der Waals surface area (Å²) in [6.07, 6.45) is 1.41. The quantitative estimate of drug-likeness (QED) is 0.688. The number of benzene rings is 1. The van der Waals surface area contributed by atoms with Crippen LogP contribution >= 0.6 is 23.1 Å². The molecule has 0 saturated carbocycles. The zero-order valence-electron chi connectivity index (χ0n) is 17.7. The number of nitrogens with one attached hydrogen (secondary N) is 1. The number of hydrogen-bond donors (Lipinski definition) is 1. The minimum Gasteiger partial charge on any atom is -0.370 e. The number of aryl methyl sites for hydroxylation is 1. The van der Waals surface area contributed by atoms with E-state index >= 15 is 0 Å². The number of carbonyl (C=O) groups is 1. The van der Waals surface area contributed by atoms with Crippen LogP contribution in [0.15, 0.2) is 40.6 Å². The molecule has 9 heteroatoms. The zero-order valence-corrected chi connectivity index (χ0v) is 20.2. The third-order valence-electron chi connectivity index (χ3n) is 5.84. The van der Waals surface area contributed by atoms with Gasteiger partial charge in [0.2, 0.25) is 5.91 Å². The molecule has 3 heterocycles. The van der Waals surface area contributed by atoms with Crippen LogP contribution in [-0.2, 0) is 21.4 Å². The smallest absolute Gasteiger partial charge is 0.252 e. The lowest BCUT2D eigenvalue weighted by Crippen LogP contribution is -2.45. The Hall–Kier alpha value is -1.55. The highest BCUT2D eigenvalue weighted by Gasteiger charge is 2.33. The van der Waals surface area contributed by atoms with Crippen LogP contribution in [0.5, 0.6) is 0 Å². The largest absolute Gasteiger partial charge is 0.370 e. The number of hydrogen-bond acceptors (Lipinski definition) is 6. The first-order valence-electron chi connectivity index (χ1n) is 10.7. The van der Waals surface area contributed by atoms with Crippen molar-refractivity contribution >= 4 is 44.7 Å². The van der Waals surface area contributed by atoms with Crippen molar-refractivity contribution in [3.63, 3.8) is 0 Å². The summed E-state index contributed by atoms with van der Waals surface area (Å²) in [6, 6.07) is 11.8. The Labute approximate surface area is 193 Å². The van der Waals surface area contributed by atoms with Crippen molar-refractivity contribution in [2.45, 2.75) is 30.5 Å². The van der Waals surface area contributed by atoms with Crippen LogP contribution in [0.3, 0.4) is 0 Å². The average molecular weight is 480 g/mol. The summed E-state index contributed by atoms with van der Waals surface area (Å²) < 4.78 is 27.6. The molecule has 0 radical (unpaired) electrons. The molecule has 1 atom stereocenters. The van der Waals surface area contributed by atoms with Gasteiger partial charge in [0, 0.05) is 54.8 Å². The van der Waals surface area contributed by atoms with E-state index in [4.69, 9.17) is 0 Å². The molecule has 1 amide bonds. The number of piperidine rings is 1. The first kappa shape index (κ1) is 22.6. The van der Waals surface area contributed by atoms with Crippen LogP contribution in [0.1, 0.15) is 23.3 Å². The molecule has 2 aromatic rings. The fourth-order valence-corrected chi connectivity index (χ4v) is 7.90. The highest BCUT2D eigenvalue weighted by molar-refractivity contribution is 7.99. The lowest BCUT2D eigenvalue weighted by molar-refractivity contribution is -0.126. The minimum absolute atomic E-state index is 0.0700. The van der Waals surface area contributed by atoms with Crippen molar-refractivity contribution in [3.05, 3.63) is 46.8 Å². The van der Waals surface area contributed by atoms with Crippen molar-refractivity contribution in [1.82, 2.24) is 9.62 Å². The molecular formula is C22H29N3O3S3.